The van der Waals surface area contributed by atoms with Gasteiger partial charge in [-0.25, -0.2) is 5.10 Å². The van der Waals surface area contributed by atoms with Gasteiger partial charge in [-0.05, 0) is 12.5 Å². The van der Waals surface area contributed by atoms with Crippen molar-refractivity contribution >= 4 is 11.9 Å². The van der Waals surface area contributed by atoms with Gasteiger partial charge in [-0.2, -0.15) is 4.98 Å². The normalized spacial score (nSPS) is 12.3. The Morgan fingerprint density at radius 1 is 1.33 bits per heavy atom. The summed E-state index contributed by atoms with van der Waals surface area (Å²) in [4.78, 5) is 3.98. The second-order valence-corrected chi connectivity index (χ2v) is 3.32. The molecule has 1 heterocycles. The van der Waals surface area contributed by atoms with E-state index in [-0.39, 0.29) is 6.04 Å². The van der Waals surface area contributed by atoms with Crippen molar-refractivity contribution in [2.75, 3.05) is 11.1 Å². The minimum absolute atomic E-state index is 0.154. The monoisotopic (exact) mass is 203 g/mol. The van der Waals surface area contributed by atoms with Gasteiger partial charge in [-0.3, -0.25) is 0 Å². The minimum atomic E-state index is 0.154. The van der Waals surface area contributed by atoms with E-state index in [2.05, 4.69) is 20.5 Å². The maximum absolute atomic E-state index is 5.42. The first-order chi connectivity index (χ1) is 7.25. The number of nitrogen functional groups attached to an aromatic ring is 1. The van der Waals surface area contributed by atoms with E-state index in [4.69, 9.17) is 5.73 Å². The number of H-pyrrole nitrogens is 1. The molecular formula is C10H13N5. The molecule has 1 aromatic carbocycles. The summed E-state index contributed by atoms with van der Waals surface area (Å²) in [6.45, 7) is 2.04. The Labute approximate surface area is 87.7 Å². The zero-order valence-electron chi connectivity index (χ0n) is 8.44. The maximum atomic E-state index is 5.42. The Hall–Kier alpha value is -2.04. The van der Waals surface area contributed by atoms with Crippen molar-refractivity contribution in [2.24, 2.45) is 0 Å². The summed E-state index contributed by atoms with van der Waals surface area (Å²) in [5.41, 5.74) is 6.61. The van der Waals surface area contributed by atoms with Gasteiger partial charge in [0.05, 0.1) is 6.04 Å². The lowest BCUT2D eigenvalue weighted by atomic mass is 10.1. The molecule has 0 fully saturated rings. The molecule has 0 aliphatic carbocycles. The predicted molar refractivity (Wildman–Crippen MR) is 59.3 cm³/mol. The molecule has 1 aromatic heterocycles. The van der Waals surface area contributed by atoms with E-state index in [1.807, 2.05) is 37.3 Å². The fourth-order valence-corrected chi connectivity index (χ4v) is 1.36. The van der Waals surface area contributed by atoms with Crippen LogP contribution in [0.3, 0.4) is 0 Å². The molecular weight excluding hydrogens is 190 g/mol. The zero-order valence-corrected chi connectivity index (χ0v) is 8.44. The number of anilines is 2. The van der Waals surface area contributed by atoms with Gasteiger partial charge in [0.15, 0.2) is 0 Å². The van der Waals surface area contributed by atoms with E-state index in [9.17, 15) is 0 Å². The van der Waals surface area contributed by atoms with E-state index in [0.29, 0.717) is 11.9 Å². The average molecular weight is 203 g/mol. The van der Waals surface area contributed by atoms with Crippen LogP contribution in [-0.4, -0.2) is 15.2 Å². The third kappa shape index (κ3) is 2.25. The van der Waals surface area contributed by atoms with Gasteiger partial charge in [-0.1, -0.05) is 30.3 Å². The molecule has 1 atom stereocenters. The van der Waals surface area contributed by atoms with Gasteiger partial charge >= 0.3 is 0 Å². The molecule has 0 saturated carbocycles. The molecule has 0 amide bonds. The Kier molecular flexibility index (Phi) is 2.53. The van der Waals surface area contributed by atoms with Crippen LogP contribution in [0.5, 0.6) is 0 Å². The molecule has 0 bridgehead atoms. The van der Waals surface area contributed by atoms with E-state index in [1.165, 1.54) is 5.56 Å². The second kappa shape index (κ2) is 4.00. The molecule has 0 spiro atoms. The van der Waals surface area contributed by atoms with Crippen molar-refractivity contribution in [3.63, 3.8) is 0 Å². The molecule has 0 aliphatic heterocycles. The molecule has 78 valence electrons. The highest BCUT2D eigenvalue weighted by atomic mass is 15.3. The number of nitrogens with one attached hydrogen (secondary N) is 2. The summed E-state index contributed by atoms with van der Waals surface area (Å²) in [5.74, 6) is 0.835. The quantitative estimate of drug-likeness (QED) is 0.707. The van der Waals surface area contributed by atoms with Crippen molar-refractivity contribution in [3.05, 3.63) is 35.9 Å². The third-order valence-electron chi connectivity index (χ3n) is 2.15. The zero-order chi connectivity index (χ0) is 10.7. The lowest BCUT2D eigenvalue weighted by Crippen LogP contribution is -2.07. The largest absolute Gasteiger partial charge is 0.368 e. The highest BCUT2D eigenvalue weighted by Gasteiger charge is 2.06. The van der Waals surface area contributed by atoms with Crippen LogP contribution in [-0.2, 0) is 0 Å². The Morgan fingerprint density at radius 3 is 2.67 bits per heavy atom. The topological polar surface area (TPSA) is 79.6 Å². The Balaban J connectivity index is 2.07. The first-order valence-corrected chi connectivity index (χ1v) is 4.75. The van der Waals surface area contributed by atoms with Crippen LogP contribution in [0.1, 0.15) is 18.5 Å². The first-order valence-electron chi connectivity index (χ1n) is 4.75. The molecule has 2 rings (SSSR count). The van der Waals surface area contributed by atoms with Gasteiger partial charge in [0.1, 0.15) is 0 Å². The Bertz CT molecular complexity index is 422. The molecule has 0 saturated heterocycles. The van der Waals surface area contributed by atoms with Crippen LogP contribution in [0.2, 0.25) is 0 Å². The molecule has 2 aromatic rings. The van der Waals surface area contributed by atoms with Crippen LogP contribution >= 0.6 is 0 Å². The number of benzene rings is 1. The molecule has 4 N–H and O–H groups in total. The lowest BCUT2D eigenvalue weighted by molar-refractivity contribution is 0.862. The molecule has 0 aliphatic rings. The standard InChI is InChI=1S/C10H13N5/c1-7(8-5-3-2-4-6-8)12-10-13-9(11)14-15-10/h2-7H,1H3,(H4,11,12,13,14,15). The molecule has 0 radical (unpaired) electrons. The van der Waals surface area contributed by atoms with E-state index >= 15 is 0 Å². The summed E-state index contributed by atoms with van der Waals surface area (Å²) in [7, 11) is 0. The maximum Gasteiger partial charge on any atom is 0.244 e. The van der Waals surface area contributed by atoms with Crippen LogP contribution in [0.15, 0.2) is 30.3 Å². The molecule has 1 unspecified atom stereocenters. The van der Waals surface area contributed by atoms with Crippen LogP contribution in [0.4, 0.5) is 11.9 Å². The van der Waals surface area contributed by atoms with Crippen molar-refractivity contribution in [3.8, 4) is 0 Å². The summed E-state index contributed by atoms with van der Waals surface area (Å²) in [5, 5.41) is 9.63. The van der Waals surface area contributed by atoms with Gasteiger partial charge < -0.3 is 11.1 Å². The van der Waals surface area contributed by atoms with Crippen molar-refractivity contribution in [1.29, 1.82) is 0 Å². The van der Waals surface area contributed by atoms with Crippen LogP contribution < -0.4 is 11.1 Å². The minimum Gasteiger partial charge on any atom is -0.368 e. The van der Waals surface area contributed by atoms with Crippen molar-refractivity contribution in [2.45, 2.75) is 13.0 Å². The van der Waals surface area contributed by atoms with E-state index in [0.717, 1.165) is 0 Å². The number of aromatic nitrogens is 3. The fourth-order valence-electron chi connectivity index (χ4n) is 1.36. The van der Waals surface area contributed by atoms with E-state index in [1.54, 1.807) is 0 Å². The predicted octanol–water partition coefficient (Wildman–Crippen LogP) is 1.56. The smallest absolute Gasteiger partial charge is 0.244 e. The molecule has 15 heavy (non-hydrogen) atoms. The number of hydrogen-bond acceptors (Lipinski definition) is 4. The molecule has 5 nitrogen and oxygen atoms in total. The molecule has 5 heteroatoms. The summed E-state index contributed by atoms with van der Waals surface area (Å²) < 4.78 is 0. The highest BCUT2D eigenvalue weighted by Crippen LogP contribution is 2.15. The first kappa shape index (κ1) is 9.51. The number of rotatable bonds is 3. The SMILES string of the molecule is CC(Nc1n[nH]c(N)n1)c1ccccc1. The van der Waals surface area contributed by atoms with Gasteiger partial charge in [0.2, 0.25) is 11.9 Å². The summed E-state index contributed by atoms with van der Waals surface area (Å²) in [6.07, 6.45) is 0. The van der Waals surface area contributed by atoms with Gasteiger partial charge in [0.25, 0.3) is 0 Å². The third-order valence-corrected chi connectivity index (χ3v) is 2.15. The highest BCUT2D eigenvalue weighted by molar-refractivity contribution is 5.34. The Morgan fingerprint density at radius 2 is 2.07 bits per heavy atom. The van der Waals surface area contributed by atoms with Gasteiger partial charge in [0, 0.05) is 0 Å². The summed E-state index contributed by atoms with van der Waals surface area (Å²) in [6, 6.07) is 10.2. The number of nitrogens with two attached hydrogens (primary N) is 1. The second-order valence-electron chi connectivity index (χ2n) is 3.32. The fraction of sp³-hybridized carbons (Fsp3) is 0.200. The van der Waals surface area contributed by atoms with E-state index < -0.39 is 0 Å². The average Bonchev–Trinajstić information content (AvgIpc) is 2.65. The van der Waals surface area contributed by atoms with Crippen LogP contribution in [0, 0.1) is 0 Å². The summed E-state index contributed by atoms with van der Waals surface area (Å²) >= 11 is 0. The number of nitrogens with zero attached hydrogens (tertiary/aromatic N) is 2. The van der Waals surface area contributed by atoms with Crippen molar-refractivity contribution in [1.82, 2.24) is 15.2 Å². The van der Waals surface area contributed by atoms with Crippen LogP contribution in [0.25, 0.3) is 0 Å². The number of aromatic amines is 1. The van der Waals surface area contributed by atoms with Crippen molar-refractivity contribution < 1.29 is 0 Å². The number of hydrogen-bond donors (Lipinski definition) is 3. The van der Waals surface area contributed by atoms with Gasteiger partial charge in [-0.15, -0.1) is 5.10 Å². The lowest BCUT2D eigenvalue weighted by Gasteiger charge is -2.11.